The molecule has 0 aliphatic rings. The first-order valence-corrected chi connectivity index (χ1v) is 6.98. The number of carbonyl (C=O) groups excluding carboxylic acids is 2. The monoisotopic (exact) mass is 288 g/mol. The molecule has 0 fully saturated rings. The van der Waals surface area contributed by atoms with Gasteiger partial charge in [0, 0.05) is 13.1 Å². The van der Waals surface area contributed by atoms with Crippen molar-refractivity contribution >= 4 is 22.8 Å². The highest BCUT2D eigenvalue weighted by atomic mass is 16.5. The number of rotatable bonds is 5. The number of fused-ring (bicyclic) bond motifs is 1. The topological polar surface area (TPSA) is 60.3 Å². The highest BCUT2D eigenvalue weighted by Crippen LogP contribution is 2.21. The van der Waals surface area contributed by atoms with Gasteiger partial charge in [-0.2, -0.15) is 0 Å². The maximum absolute atomic E-state index is 11.8. The zero-order valence-corrected chi connectivity index (χ0v) is 12.6. The van der Waals surface area contributed by atoms with Gasteiger partial charge in [-0.1, -0.05) is 25.1 Å². The van der Waals surface area contributed by atoms with Gasteiger partial charge in [0.2, 0.25) is 5.91 Å². The Hall–Kier alpha value is -2.30. The van der Waals surface area contributed by atoms with Crippen molar-refractivity contribution in [3.8, 4) is 0 Å². The first-order valence-electron chi connectivity index (χ1n) is 6.98. The Labute approximate surface area is 123 Å². The van der Waals surface area contributed by atoms with Crippen LogP contribution in [-0.2, 0) is 27.3 Å². The summed E-state index contributed by atoms with van der Waals surface area (Å²) in [6.45, 7) is 3.84. The minimum Gasteiger partial charge on any atom is -0.467 e. The largest absolute Gasteiger partial charge is 0.467 e. The number of nitrogens with zero attached hydrogens (tertiary/aromatic N) is 1. The third kappa shape index (κ3) is 3.24. The van der Waals surface area contributed by atoms with E-state index in [1.807, 2.05) is 29.0 Å². The number of nitrogens with one attached hydrogen (secondary N) is 1. The van der Waals surface area contributed by atoms with Gasteiger partial charge in [-0.25, -0.2) is 4.79 Å². The van der Waals surface area contributed by atoms with E-state index >= 15 is 0 Å². The van der Waals surface area contributed by atoms with Gasteiger partial charge in [-0.15, -0.1) is 0 Å². The molecule has 1 amide bonds. The molecule has 1 heterocycles. The summed E-state index contributed by atoms with van der Waals surface area (Å²) in [5, 5.41) is 3.76. The summed E-state index contributed by atoms with van der Waals surface area (Å²) in [6.07, 6.45) is 2.84. The molecular formula is C16H20N2O3. The van der Waals surface area contributed by atoms with Gasteiger partial charge in [-0.3, -0.25) is 4.79 Å². The summed E-state index contributed by atoms with van der Waals surface area (Å²) >= 11 is 0. The van der Waals surface area contributed by atoms with E-state index in [4.69, 9.17) is 4.74 Å². The summed E-state index contributed by atoms with van der Waals surface area (Å²) in [6, 6.07) is 7.46. The van der Waals surface area contributed by atoms with E-state index < -0.39 is 12.0 Å². The zero-order valence-electron chi connectivity index (χ0n) is 12.6. The van der Waals surface area contributed by atoms with Crippen molar-refractivity contribution < 1.29 is 14.3 Å². The molecule has 0 aliphatic heterocycles. The number of aromatic nitrogens is 1. The molecule has 21 heavy (non-hydrogen) atoms. The number of amides is 1. The number of esters is 1. The average Bonchev–Trinajstić information content (AvgIpc) is 2.88. The Morgan fingerprint density at radius 2 is 2.10 bits per heavy atom. The Balaban J connectivity index is 2.36. The minimum absolute atomic E-state index is 0.252. The maximum Gasteiger partial charge on any atom is 0.330 e. The smallest absolute Gasteiger partial charge is 0.330 e. The van der Waals surface area contributed by atoms with Crippen molar-refractivity contribution in [2.75, 3.05) is 7.11 Å². The molecule has 1 aromatic heterocycles. The van der Waals surface area contributed by atoms with Crippen LogP contribution in [0.5, 0.6) is 0 Å². The van der Waals surface area contributed by atoms with E-state index in [2.05, 4.69) is 18.3 Å². The highest BCUT2D eigenvalue weighted by Gasteiger charge is 2.21. The predicted octanol–water partition coefficient (Wildman–Crippen LogP) is 1.88. The molecular weight excluding hydrogens is 268 g/mol. The lowest BCUT2D eigenvalue weighted by Crippen LogP contribution is -2.43. The third-order valence-electron chi connectivity index (χ3n) is 3.50. The Morgan fingerprint density at radius 1 is 1.33 bits per heavy atom. The standard InChI is InChI=1S/C16H20N2O3/c1-4-12-6-5-7-13-8-9-18(15(12)13)10-14(16(20)21-3)17-11(2)19/h5-9,14H,4,10H2,1-3H3,(H,17,19). The number of aryl methyl sites for hydroxylation is 1. The molecule has 0 saturated heterocycles. The number of para-hydroxylation sites is 1. The van der Waals surface area contributed by atoms with Crippen LogP contribution < -0.4 is 5.32 Å². The molecule has 0 saturated carbocycles. The maximum atomic E-state index is 11.8. The number of carbonyl (C=O) groups is 2. The average molecular weight is 288 g/mol. The van der Waals surface area contributed by atoms with Crippen LogP contribution in [0.3, 0.4) is 0 Å². The van der Waals surface area contributed by atoms with Crippen LogP contribution in [-0.4, -0.2) is 29.6 Å². The Morgan fingerprint density at radius 3 is 2.71 bits per heavy atom. The molecule has 1 aromatic carbocycles. The van der Waals surface area contributed by atoms with Gasteiger partial charge >= 0.3 is 5.97 Å². The van der Waals surface area contributed by atoms with Gasteiger partial charge < -0.3 is 14.6 Å². The fourth-order valence-electron chi connectivity index (χ4n) is 2.54. The third-order valence-corrected chi connectivity index (χ3v) is 3.50. The Kier molecular flexibility index (Phi) is 4.62. The first kappa shape index (κ1) is 15.1. The molecule has 0 bridgehead atoms. The number of ether oxygens (including phenoxy) is 1. The van der Waals surface area contributed by atoms with Crippen molar-refractivity contribution in [1.29, 1.82) is 0 Å². The molecule has 1 unspecified atom stereocenters. The summed E-state index contributed by atoms with van der Waals surface area (Å²) in [5.41, 5.74) is 2.31. The number of hydrogen-bond donors (Lipinski definition) is 1. The molecule has 112 valence electrons. The minimum atomic E-state index is -0.687. The molecule has 5 nitrogen and oxygen atoms in total. The number of benzene rings is 1. The fraction of sp³-hybridized carbons (Fsp3) is 0.375. The summed E-state index contributed by atoms with van der Waals surface area (Å²) in [4.78, 5) is 23.1. The Bertz CT molecular complexity index is 661. The van der Waals surface area contributed by atoms with Crippen molar-refractivity contribution in [2.45, 2.75) is 32.9 Å². The van der Waals surface area contributed by atoms with E-state index in [9.17, 15) is 9.59 Å². The summed E-state index contributed by atoms with van der Waals surface area (Å²) in [5.74, 6) is -0.696. The molecule has 5 heteroatoms. The molecule has 0 spiro atoms. The molecule has 1 atom stereocenters. The van der Waals surface area contributed by atoms with Crippen LogP contribution in [0.1, 0.15) is 19.4 Å². The lowest BCUT2D eigenvalue weighted by Gasteiger charge is -2.17. The normalized spacial score (nSPS) is 12.1. The van der Waals surface area contributed by atoms with Gasteiger partial charge in [0.25, 0.3) is 0 Å². The van der Waals surface area contributed by atoms with Crippen LogP contribution >= 0.6 is 0 Å². The summed E-state index contributed by atoms with van der Waals surface area (Å²) in [7, 11) is 1.32. The van der Waals surface area contributed by atoms with Crippen LogP contribution in [0.25, 0.3) is 10.9 Å². The van der Waals surface area contributed by atoms with E-state index in [1.54, 1.807) is 0 Å². The SMILES string of the molecule is CCc1cccc2ccn(CC(NC(C)=O)C(=O)OC)c12. The van der Waals surface area contributed by atoms with Gasteiger partial charge in [-0.05, 0) is 23.4 Å². The van der Waals surface area contributed by atoms with Crippen LogP contribution in [0.4, 0.5) is 0 Å². The predicted molar refractivity (Wildman–Crippen MR) is 80.9 cm³/mol. The van der Waals surface area contributed by atoms with E-state index in [-0.39, 0.29) is 5.91 Å². The van der Waals surface area contributed by atoms with Crippen molar-refractivity contribution in [2.24, 2.45) is 0 Å². The van der Waals surface area contributed by atoms with Crippen molar-refractivity contribution in [3.05, 3.63) is 36.0 Å². The first-order chi connectivity index (χ1) is 10.1. The van der Waals surface area contributed by atoms with Crippen molar-refractivity contribution in [3.63, 3.8) is 0 Å². The van der Waals surface area contributed by atoms with Gasteiger partial charge in [0.1, 0.15) is 6.04 Å². The van der Waals surface area contributed by atoms with Crippen LogP contribution in [0.15, 0.2) is 30.5 Å². The van der Waals surface area contributed by atoms with Crippen LogP contribution in [0.2, 0.25) is 0 Å². The van der Waals surface area contributed by atoms with Crippen LogP contribution in [0, 0.1) is 0 Å². The molecule has 0 aliphatic carbocycles. The highest BCUT2D eigenvalue weighted by molar-refractivity contribution is 5.85. The second-order valence-electron chi connectivity index (χ2n) is 4.95. The van der Waals surface area contributed by atoms with E-state index in [1.165, 1.54) is 19.6 Å². The van der Waals surface area contributed by atoms with Gasteiger partial charge in [0.15, 0.2) is 0 Å². The number of hydrogen-bond acceptors (Lipinski definition) is 3. The van der Waals surface area contributed by atoms with E-state index in [0.717, 1.165) is 17.3 Å². The van der Waals surface area contributed by atoms with Gasteiger partial charge in [0.05, 0.1) is 19.2 Å². The van der Waals surface area contributed by atoms with Crippen molar-refractivity contribution in [1.82, 2.24) is 9.88 Å². The number of methoxy groups -OCH3 is 1. The van der Waals surface area contributed by atoms with E-state index in [0.29, 0.717) is 6.54 Å². The quantitative estimate of drug-likeness (QED) is 0.855. The second-order valence-corrected chi connectivity index (χ2v) is 4.95. The zero-order chi connectivity index (χ0) is 15.4. The lowest BCUT2D eigenvalue weighted by molar-refractivity contribution is -0.145. The molecule has 1 N–H and O–H groups in total. The summed E-state index contributed by atoms with van der Waals surface area (Å²) < 4.78 is 6.76. The second kappa shape index (κ2) is 6.43. The molecule has 0 radical (unpaired) electrons. The fourth-order valence-corrected chi connectivity index (χ4v) is 2.54. The molecule has 2 rings (SSSR count). The lowest BCUT2D eigenvalue weighted by atomic mass is 10.1. The molecule has 2 aromatic rings.